The lowest BCUT2D eigenvalue weighted by molar-refractivity contribution is -0.386. The van der Waals surface area contributed by atoms with Gasteiger partial charge in [0.1, 0.15) is 6.61 Å². The monoisotopic (exact) mass is 331 g/mol. The van der Waals surface area contributed by atoms with E-state index in [-0.39, 0.29) is 34.9 Å². The van der Waals surface area contributed by atoms with Crippen molar-refractivity contribution in [3.05, 3.63) is 63.2 Å². The Morgan fingerprint density at radius 2 is 1.88 bits per heavy atom. The molecule has 0 unspecified atom stereocenters. The average Bonchev–Trinajstić information content (AvgIpc) is 2.59. The van der Waals surface area contributed by atoms with Gasteiger partial charge in [0.15, 0.2) is 5.75 Å². The van der Waals surface area contributed by atoms with E-state index in [9.17, 15) is 14.9 Å². The molecule has 0 aliphatic carbocycles. The molecular formula is C17H17NO6. The zero-order valence-electron chi connectivity index (χ0n) is 13.6. The van der Waals surface area contributed by atoms with Gasteiger partial charge in [0.25, 0.3) is 0 Å². The van der Waals surface area contributed by atoms with Crippen molar-refractivity contribution in [3.63, 3.8) is 0 Å². The fourth-order valence-electron chi connectivity index (χ4n) is 2.28. The summed E-state index contributed by atoms with van der Waals surface area (Å²) < 4.78 is 15.5. The van der Waals surface area contributed by atoms with Gasteiger partial charge in [0.05, 0.1) is 24.7 Å². The summed E-state index contributed by atoms with van der Waals surface area (Å²) in [4.78, 5) is 22.7. The third-order valence-electron chi connectivity index (χ3n) is 3.51. The first-order valence-electron chi connectivity index (χ1n) is 7.10. The van der Waals surface area contributed by atoms with Crippen molar-refractivity contribution in [1.82, 2.24) is 0 Å². The second-order valence-electron chi connectivity index (χ2n) is 4.95. The number of nitro benzene ring substituents is 1. The molecule has 0 N–H and O–H groups in total. The predicted octanol–water partition coefficient (Wildman–Crippen LogP) is 3.28. The lowest BCUT2D eigenvalue weighted by atomic mass is 10.0. The van der Waals surface area contributed by atoms with E-state index in [4.69, 9.17) is 9.47 Å². The van der Waals surface area contributed by atoms with Crippen LogP contribution in [0.1, 0.15) is 21.5 Å². The van der Waals surface area contributed by atoms with Gasteiger partial charge in [0.2, 0.25) is 5.75 Å². The lowest BCUT2D eigenvalue weighted by Gasteiger charge is -2.14. The molecule has 0 aromatic heterocycles. The van der Waals surface area contributed by atoms with Crippen molar-refractivity contribution in [1.29, 1.82) is 0 Å². The number of benzene rings is 2. The number of carbonyl (C=O) groups excluding carboxylic acids is 1. The number of rotatable bonds is 6. The minimum Gasteiger partial charge on any atom is -0.493 e. The van der Waals surface area contributed by atoms with Crippen LogP contribution in [0, 0.1) is 17.0 Å². The highest BCUT2D eigenvalue weighted by Gasteiger charge is 2.29. The van der Waals surface area contributed by atoms with Crippen molar-refractivity contribution in [2.24, 2.45) is 0 Å². The second-order valence-corrected chi connectivity index (χ2v) is 4.95. The molecule has 2 aromatic carbocycles. The number of esters is 1. The number of hydrogen-bond donors (Lipinski definition) is 0. The molecule has 2 aromatic rings. The smallest absolute Gasteiger partial charge is 0.338 e. The van der Waals surface area contributed by atoms with E-state index >= 15 is 0 Å². The maximum Gasteiger partial charge on any atom is 0.338 e. The fourth-order valence-corrected chi connectivity index (χ4v) is 2.28. The Kier molecular flexibility index (Phi) is 5.36. The van der Waals surface area contributed by atoms with Gasteiger partial charge in [-0.2, -0.15) is 0 Å². The van der Waals surface area contributed by atoms with Crippen LogP contribution in [0.2, 0.25) is 0 Å². The summed E-state index contributed by atoms with van der Waals surface area (Å²) in [6, 6.07) is 10.6. The molecule has 7 nitrogen and oxygen atoms in total. The molecule has 7 heteroatoms. The Hall–Kier alpha value is -3.09. The summed E-state index contributed by atoms with van der Waals surface area (Å²) in [7, 11) is 2.56. The lowest BCUT2D eigenvalue weighted by Crippen LogP contribution is -2.09. The van der Waals surface area contributed by atoms with Gasteiger partial charge in [-0.3, -0.25) is 10.1 Å². The van der Waals surface area contributed by atoms with Gasteiger partial charge in [-0.1, -0.05) is 30.3 Å². The van der Waals surface area contributed by atoms with Crippen LogP contribution in [-0.4, -0.2) is 25.1 Å². The number of methoxy groups -OCH3 is 2. The van der Waals surface area contributed by atoms with E-state index in [2.05, 4.69) is 4.74 Å². The number of carbonyl (C=O) groups is 1. The number of nitro groups is 1. The third kappa shape index (κ3) is 3.45. The number of nitrogens with zero attached hydrogens (tertiary/aromatic N) is 1. The molecule has 126 valence electrons. The van der Waals surface area contributed by atoms with Gasteiger partial charge >= 0.3 is 11.7 Å². The Labute approximate surface area is 138 Å². The van der Waals surface area contributed by atoms with E-state index in [1.807, 2.05) is 30.3 Å². The van der Waals surface area contributed by atoms with Crippen LogP contribution in [0.25, 0.3) is 0 Å². The van der Waals surface area contributed by atoms with Crippen LogP contribution in [0.5, 0.6) is 11.5 Å². The van der Waals surface area contributed by atoms with Crippen LogP contribution in [0.3, 0.4) is 0 Å². The number of ether oxygens (including phenoxy) is 3. The highest BCUT2D eigenvalue weighted by atomic mass is 16.6. The van der Waals surface area contributed by atoms with Gasteiger partial charge < -0.3 is 14.2 Å². The summed E-state index contributed by atoms with van der Waals surface area (Å²) in [5.41, 5.74) is 0.762. The minimum atomic E-state index is -0.677. The minimum absolute atomic E-state index is 0.0171. The second kappa shape index (κ2) is 7.45. The van der Waals surface area contributed by atoms with Crippen LogP contribution >= 0.6 is 0 Å². The molecule has 0 aliphatic rings. The predicted molar refractivity (Wildman–Crippen MR) is 86.5 cm³/mol. The molecule has 2 rings (SSSR count). The Morgan fingerprint density at radius 3 is 2.42 bits per heavy atom. The molecule has 24 heavy (non-hydrogen) atoms. The van der Waals surface area contributed by atoms with Crippen molar-refractivity contribution < 1.29 is 23.9 Å². The standard InChI is InChI=1S/C17H17NO6/c1-11-13(17(19)23-3)9-14(22-2)16(15(11)18(20)21)24-10-12-7-5-4-6-8-12/h4-9H,10H2,1-3H3. The largest absolute Gasteiger partial charge is 0.493 e. The first kappa shape index (κ1) is 17.3. The molecule has 0 spiro atoms. The summed E-state index contributed by atoms with van der Waals surface area (Å²) in [5, 5.41) is 11.5. The SMILES string of the molecule is COC(=O)c1cc(OC)c(OCc2ccccc2)c([N+](=O)[O-])c1C. The molecule has 0 heterocycles. The summed E-state index contributed by atoms with van der Waals surface area (Å²) >= 11 is 0. The van der Waals surface area contributed by atoms with Gasteiger partial charge in [-0.15, -0.1) is 0 Å². The molecule has 0 radical (unpaired) electrons. The molecule has 0 atom stereocenters. The summed E-state index contributed by atoms with van der Waals surface area (Å²) in [6.07, 6.45) is 0. The fraction of sp³-hybridized carbons (Fsp3) is 0.235. The normalized spacial score (nSPS) is 10.1. The Bertz CT molecular complexity index is 757. The van der Waals surface area contributed by atoms with E-state index in [1.165, 1.54) is 27.2 Å². The summed E-state index contributed by atoms with van der Waals surface area (Å²) in [5.74, 6) is -0.594. The molecule has 0 amide bonds. The molecule has 0 saturated carbocycles. The third-order valence-corrected chi connectivity index (χ3v) is 3.51. The van der Waals surface area contributed by atoms with Gasteiger partial charge in [0, 0.05) is 5.56 Å². The first-order valence-corrected chi connectivity index (χ1v) is 7.10. The van der Waals surface area contributed by atoms with Crippen molar-refractivity contribution >= 4 is 11.7 Å². The van der Waals surface area contributed by atoms with Crippen LogP contribution in [-0.2, 0) is 11.3 Å². The quantitative estimate of drug-likeness (QED) is 0.458. The summed E-state index contributed by atoms with van der Waals surface area (Å²) in [6.45, 7) is 1.61. The molecule has 0 saturated heterocycles. The highest BCUT2D eigenvalue weighted by molar-refractivity contribution is 5.93. The number of hydrogen-bond acceptors (Lipinski definition) is 6. The molecule has 0 aliphatic heterocycles. The van der Waals surface area contributed by atoms with Crippen LogP contribution in [0.4, 0.5) is 5.69 Å². The van der Waals surface area contributed by atoms with Crippen molar-refractivity contribution in [2.75, 3.05) is 14.2 Å². The average molecular weight is 331 g/mol. The topological polar surface area (TPSA) is 87.9 Å². The highest BCUT2D eigenvalue weighted by Crippen LogP contribution is 2.42. The maximum absolute atomic E-state index is 11.8. The van der Waals surface area contributed by atoms with Crippen molar-refractivity contribution in [3.8, 4) is 11.5 Å². The van der Waals surface area contributed by atoms with Crippen LogP contribution < -0.4 is 9.47 Å². The zero-order chi connectivity index (χ0) is 17.7. The zero-order valence-corrected chi connectivity index (χ0v) is 13.6. The van der Waals surface area contributed by atoms with Crippen molar-refractivity contribution in [2.45, 2.75) is 13.5 Å². The van der Waals surface area contributed by atoms with E-state index in [0.717, 1.165) is 5.56 Å². The van der Waals surface area contributed by atoms with E-state index in [1.54, 1.807) is 0 Å². The Balaban J connectivity index is 2.50. The van der Waals surface area contributed by atoms with E-state index in [0.29, 0.717) is 0 Å². The molecular weight excluding hydrogens is 314 g/mol. The Morgan fingerprint density at radius 1 is 1.21 bits per heavy atom. The van der Waals surface area contributed by atoms with Crippen LogP contribution in [0.15, 0.2) is 36.4 Å². The maximum atomic E-state index is 11.8. The first-order chi connectivity index (χ1) is 11.5. The van der Waals surface area contributed by atoms with Gasteiger partial charge in [-0.25, -0.2) is 4.79 Å². The molecule has 0 bridgehead atoms. The van der Waals surface area contributed by atoms with Gasteiger partial charge in [-0.05, 0) is 18.6 Å². The van der Waals surface area contributed by atoms with E-state index < -0.39 is 10.9 Å². The molecule has 0 fully saturated rings.